The molecule has 0 bridgehead atoms. The fourth-order valence-corrected chi connectivity index (χ4v) is 1.70. The van der Waals surface area contributed by atoms with Gasteiger partial charge in [-0.15, -0.1) is 0 Å². The minimum Gasteiger partial charge on any atom is -0.493 e. The summed E-state index contributed by atoms with van der Waals surface area (Å²) in [7, 11) is 1.64. The molecule has 0 radical (unpaired) electrons. The third-order valence-electron chi connectivity index (χ3n) is 2.98. The van der Waals surface area contributed by atoms with Crippen molar-refractivity contribution < 1.29 is 14.6 Å². The lowest BCUT2D eigenvalue weighted by Crippen LogP contribution is -2.30. The van der Waals surface area contributed by atoms with E-state index < -0.39 is 0 Å². The second-order valence-corrected chi connectivity index (χ2v) is 4.86. The Kier molecular flexibility index (Phi) is 6.67. The Balaban J connectivity index is 2.55. The van der Waals surface area contributed by atoms with E-state index in [1.165, 1.54) is 0 Å². The molecule has 0 saturated heterocycles. The van der Waals surface area contributed by atoms with Crippen molar-refractivity contribution >= 4 is 0 Å². The molecule has 0 aliphatic carbocycles. The molecule has 1 unspecified atom stereocenters. The summed E-state index contributed by atoms with van der Waals surface area (Å²) >= 11 is 0. The Hall–Kier alpha value is -1.26. The molecule has 0 fully saturated rings. The van der Waals surface area contributed by atoms with E-state index in [1.807, 2.05) is 39.0 Å². The SMILES string of the molecule is CCOc1ccc(CNCC(O)C(C)C)cc1OC. The zero-order valence-corrected chi connectivity index (χ0v) is 12.3. The van der Waals surface area contributed by atoms with Gasteiger partial charge in [0.2, 0.25) is 0 Å². The van der Waals surface area contributed by atoms with Gasteiger partial charge in [0.15, 0.2) is 11.5 Å². The van der Waals surface area contributed by atoms with Gasteiger partial charge in [-0.05, 0) is 30.5 Å². The number of methoxy groups -OCH3 is 1. The molecule has 4 heteroatoms. The van der Waals surface area contributed by atoms with E-state index in [0.29, 0.717) is 19.7 Å². The lowest BCUT2D eigenvalue weighted by molar-refractivity contribution is 0.123. The van der Waals surface area contributed by atoms with Gasteiger partial charge in [0, 0.05) is 13.1 Å². The summed E-state index contributed by atoms with van der Waals surface area (Å²) in [6.07, 6.45) is -0.315. The first kappa shape index (κ1) is 15.8. The van der Waals surface area contributed by atoms with E-state index in [-0.39, 0.29) is 12.0 Å². The Morgan fingerprint density at radius 1 is 1.26 bits per heavy atom. The standard InChI is InChI=1S/C15H25NO3/c1-5-19-14-7-6-12(8-15(14)18-4)9-16-10-13(17)11(2)3/h6-8,11,13,16-17H,5,9-10H2,1-4H3. The summed E-state index contributed by atoms with van der Waals surface area (Å²) in [6.45, 7) is 7.87. The highest BCUT2D eigenvalue weighted by Crippen LogP contribution is 2.27. The Bertz CT molecular complexity index is 380. The molecule has 0 amide bonds. The van der Waals surface area contributed by atoms with Crippen molar-refractivity contribution in [2.75, 3.05) is 20.3 Å². The number of hydrogen-bond donors (Lipinski definition) is 2. The van der Waals surface area contributed by atoms with Crippen LogP contribution in [-0.2, 0) is 6.54 Å². The summed E-state index contributed by atoms with van der Waals surface area (Å²) in [6, 6.07) is 5.88. The van der Waals surface area contributed by atoms with Crippen LogP contribution < -0.4 is 14.8 Å². The molecule has 108 valence electrons. The average molecular weight is 267 g/mol. The van der Waals surface area contributed by atoms with Crippen molar-refractivity contribution in [2.45, 2.75) is 33.4 Å². The maximum absolute atomic E-state index is 9.71. The highest BCUT2D eigenvalue weighted by molar-refractivity contribution is 5.42. The van der Waals surface area contributed by atoms with Gasteiger partial charge in [0.05, 0.1) is 19.8 Å². The molecule has 0 aliphatic rings. The maximum atomic E-state index is 9.71. The van der Waals surface area contributed by atoms with Gasteiger partial charge in [-0.1, -0.05) is 19.9 Å². The number of aliphatic hydroxyl groups is 1. The summed E-state index contributed by atoms with van der Waals surface area (Å²) in [4.78, 5) is 0. The summed E-state index contributed by atoms with van der Waals surface area (Å²) in [5.74, 6) is 1.77. The van der Waals surface area contributed by atoms with Crippen molar-refractivity contribution in [3.05, 3.63) is 23.8 Å². The highest BCUT2D eigenvalue weighted by atomic mass is 16.5. The van der Waals surface area contributed by atoms with E-state index in [4.69, 9.17) is 9.47 Å². The van der Waals surface area contributed by atoms with Crippen molar-refractivity contribution in [3.63, 3.8) is 0 Å². The zero-order valence-electron chi connectivity index (χ0n) is 12.3. The number of benzene rings is 1. The molecule has 2 N–H and O–H groups in total. The number of aliphatic hydroxyl groups excluding tert-OH is 1. The molecule has 1 aromatic rings. The topological polar surface area (TPSA) is 50.7 Å². The summed E-state index contributed by atoms with van der Waals surface area (Å²) in [5.41, 5.74) is 1.11. The Labute approximate surface area is 115 Å². The van der Waals surface area contributed by atoms with E-state index in [1.54, 1.807) is 7.11 Å². The van der Waals surface area contributed by atoms with Crippen LogP contribution >= 0.6 is 0 Å². The van der Waals surface area contributed by atoms with E-state index in [0.717, 1.165) is 17.1 Å². The molecular weight excluding hydrogens is 242 g/mol. The molecular formula is C15H25NO3. The monoisotopic (exact) mass is 267 g/mol. The van der Waals surface area contributed by atoms with Crippen LogP contribution in [0, 0.1) is 5.92 Å². The van der Waals surface area contributed by atoms with Crippen molar-refractivity contribution in [1.82, 2.24) is 5.32 Å². The molecule has 1 rings (SSSR count). The van der Waals surface area contributed by atoms with Crippen LogP contribution in [-0.4, -0.2) is 31.5 Å². The normalized spacial score (nSPS) is 12.5. The van der Waals surface area contributed by atoms with Gasteiger partial charge in [0.25, 0.3) is 0 Å². The second kappa shape index (κ2) is 8.02. The van der Waals surface area contributed by atoms with Crippen molar-refractivity contribution in [1.29, 1.82) is 0 Å². The highest BCUT2D eigenvalue weighted by Gasteiger charge is 2.09. The first-order valence-corrected chi connectivity index (χ1v) is 6.77. The molecule has 0 spiro atoms. The number of ether oxygens (including phenoxy) is 2. The zero-order chi connectivity index (χ0) is 14.3. The lowest BCUT2D eigenvalue weighted by atomic mass is 10.1. The molecule has 0 saturated carbocycles. The van der Waals surface area contributed by atoms with Crippen LogP contribution in [0.4, 0.5) is 0 Å². The predicted molar refractivity (Wildman–Crippen MR) is 76.7 cm³/mol. The maximum Gasteiger partial charge on any atom is 0.161 e. The van der Waals surface area contributed by atoms with Crippen LogP contribution in [0.15, 0.2) is 18.2 Å². The van der Waals surface area contributed by atoms with Gasteiger partial charge < -0.3 is 19.9 Å². The Morgan fingerprint density at radius 2 is 2.00 bits per heavy atom. The second-order valence-electron chi connectivity index (χ2n) is 4.86. The third kappa shape index (κ3) is 5.09. The molecule has 1 aromatic carbocycles. The van der Waals surface area contributed by atoms with Gasteiger partial charge in [-0.3, -0.25) is 0 Å². The smallest absolute Gasteiger partial charge is 0.161 e. The van der Waals surface area contributed by atoms with Gasteiger partial charge in [-0.2, -0.15) is 0 Å². The molecule has 0 aliphatic heterocycles. The number of rotatable bonds is 8. The first-order chi connectivity index (χ1) is 9.08. The van der Waals surface area contributed by atoms with Gasteiger partial charge in [-0.25, -0.2) is 0 Å². The fourth-order valence-electron chi connectivity index (χ4n) is 1.70. The fraction of sp³-hybridized carbons (Fsp3) is 0.600. The molecule has 0 heterocycles. The first-order valence-electron chi connectivity index (χ1n) is 6.77. The van der Waals surface area contributed by atoms with Crippen LogP contribution in [0.1, 0.15) is 26.3 Å². The van der Waals surface area contributed by atoms with Gasteiger partial charge >= 0.3 is 0 Å². The molecule has 1 atom stereocenters. The minimum absolute atomic E-state index is 0.266. The summed E-state index contributed by atoms with van der Waals surface area (Å²) < 4.78 is 10.8. The number of nitrogens with one attached hydrogen (secondary N) is 1. The predicted octanol–water partition coefficient (Wildman–Crippen LogP) is 2.20. The third-order valence-corrected chi connectivity index (χ3v) is 2.98. The van der Waals surface area contributed by atoms with Crippen LogP contribution in [0.5, 0.6) is 11.5 Å². The van der Waals surface area contributed by atoms with Gasteiger partial charge in [0.1, 0.15) is 0 Å². The van der Waals surface area contributed by atoms with E-state index >= 15 is 0 Å². The van der Waals surface area contributed by atoms with Crippen LogP contribution in [0.25, 0.3) is 0 Å². The van der Waals surface area contributed by atoms with E-state index in [2.05, 4.69) is 5.32 Å². The molecule has 0 aromatic heterocycles. The largest absolute Gasteiger partial charge is 0.493 e. The van der Waals surface area contributed by atoms with Crippen molar-refractivity contribution in [3.8, 4) is 11.5 Å². The average Bonchev–Trinajstić information content (AvgIpc) is 2.40. The van der Waals surface area contributed by atoms with Crippen molar-refractivity contribution in [2.24, 2.45) is 5.92 Å². The molecule has 19 heavy (non-hydrogen) atoms. The summed E-state index contributed by atoms with van der Waals surface area (Å²) in [5, 5.41) is 13.0. The molecule has 4 nitrogen and oxygen atoms in total. The lowest BCUT2D eigenvalue weighted by Gasteiger charge is -2.16. The quantitative estimate of drug-likeness (QED) is 0.758. The van der Waals surface area contributed by atoms with Crippen LogP contribution in [0.3, 0.4) is 0 Å². The Morgan fingerprint density at radius 3 is 2.58 bits per heavy atom. The minimum atomic E-state index is -0.315. The van der Waals surface area contributed by atoms with E-state index in [9.17, 15) is 5.11 Å². The van der Waals surface area contributed by atoms with Crippen LogP contribution in [0.2, 0.25) is 0 Å². The number of hydrogen-bond acceptors (Lipinski definition) is 4.